The topological polar surface area (TPSA) is 72.5 Å². The standard InChI is InChI=1S/C17H15ClN4O2S/c1-24-16-8-13(4-7-15(16)23)9-20-22-11-19-21-17(22)25-10-12-2-5-14(18)6-3-12/h2-9,11,23H,10H2,1H3/b20-9+. The van der Waals surface area contributed by atoms with Crippen molar-refractivity contribution >= 4 is 29.6 Å². The largest absolute Gasteiger partial charge is 0.504 e. The van der Waals surface area contributed by atoms with Gasteiger partial charge in [-0.05, 0) is 41.5 Å². The van der Waals surface area contributed by atoms with Gasteiger partial charge < -0.3 is 9.84 Å². The Morgan fingerprint density at radius 1 is 1.28 bits per heavy atom. The molecule has 0 aliphatic heterocycles. The molecule has 128 valence electrons. The van der Waals surface area contributed by atoms with Crippen molar-refractivity contribution in [1.29, 1.82) is 0 Å². The summed E-state index contributed by atoms with van der Waals surface area (Å²) < 4.78 is 6.68. The van der Waals surface area contributed by atoms with E-state index in [4.69, 9.17) is 16.3 Å². The van der Waals surface area contributed by atoms with Crippen molar-refractivity contribution in [2.75, 3.05) is 7.11 Å². The number of nitrogens with zero attached hydrogens (tertiary/aromatic N) is 4. The van der Waals surface area contributed by atoms with Crippen LogP contribution in [0.5, 0.6) is 11.5 Å². The zero-order valence-electron chi connectivity index (χ0n) is 13.3. The molecule has 0 saturated carbocycles. The molecule has 0 unspecified atom stereocenters. The Kier molecular flexibility index (Phi) is 5.57. The molecule has 1 N–H and O–H groups in total. The SMILES string of the molecule is COc1cc(/C=N/n2cnnc2SCc2ccc(Cl)cc2)ccc1O. The normalized spacial score (nSPS) is 11.1. The Balaban J connectivity index is 1.70. The van der Waals surface area contributed by atoms with E-state index in [-0.39, 0.29) is 5.75 Å². The zero-order chi connectivity index (χ0) is 17.6. The zero-order valence-corrected chi connectivity index (χ0v) is 14.9. The van der Waals surface area contributed by atoms with Crippen molar-refractivity contribution in [3.63, 3.8) is 0 Å². The maximum absolute atomic E-state index is 9.62. The quantitative estimate of drug-likeness (QED) is 0.524. The minimum atomic E-state index is 0.0863. The first-order valence-electron chi connectivity index (χ1n) is 7.34. The summed E-state index contributed by atoms with van der Waals surface area (Å²) in [6.45, 7) is 0. The summed E-state index contributed by atoms with van der Waals surface area (Å²) in [5.41, 5.74) is 1.92. The van der Waals surface area contributed by atoms with Crippen molar-refractivity contribution in [3.05, 3.63) is 64.9 Å². The fraction of sp³-hybridized carbons (Fsp3) is 0.118. The number of thioether (sulfide) groups is 1. The van der Waals surface area contributed by atoms with Crippen LogP contribution < -0.4 is 4.74 Å². The lowest BCUT2D eigenvalue weighted by atomic mass is 10.2. The lowest BCUT2D eigenvalue weighted by molar-refractivity contribution is 0.373. The molecule has 6 nitrogen and oxygen atoms in total. The third kappa shape index (κ3) is 4.52. The number of phenols is 1. The summed E-state index contributed by atoms with van der Waals surface area (Å²) in [6.07, 6.45) is 3.19. The van der Waals surface area contributed by atoms with Gasteiger partial charge in [0.1, 0.15) is 6.33 Å². The van der Waals surface area contributed by atoms with Crippen LogP contribution >= 0.6 is 23.4 Å². The minimum absolute atomic E-state index is 0.0863. The van der Waals surface area contributed by atoms with Gasteiger partial charge in [0.05, 0.1) is 13.3 Å². The Bertz CT molecular complexity index is 881. The Hall–Kier alpha value is -2.51. The van der Waals surface area contributed by atoms with Crippen LogP contribution in [0.25, 0.3) is 0 Å². The second-order valence-electron chi connectivity index (χ2n) is 5.05. The van der Waals surface area contributed by atoms with Gasteiger partial charge in [0.25, 0.3) is 0 Å². The molecule has 0 bridgehead atoms. The molecule has 3 rings (SSSR count). The van der Waals surface area contributed by atoms with Gasteiger partial charge in [0.15, 0.2) is 11.5 Å². The summed E-state index contributed by atoms with van der Waals surface area (Å²) in [7, 11) is 1.50. The molecule has 0 atom stereocenters. The smallest absolute Gasteiger partial charge is 0.212 e. The number of hydrogen-bond donors (Lipinski definition) is 1. The fourth-order valence-electron chi connectivity index (χ4n) is 2.03. The number of aromatic nitrogens is 3. The predicted octanol–water partition coefficient (Wildman–Crippen LogP) is 3.82. The van der Waals surface area contributed by atoms with Gasteiger partial charge in [0.2, 0.25) is 5.16 Å². The molecule has 2 aromatic carbocycles. The summed E-state index contributed by atoms with van der Waals surface area (Å²) in [6, 6.07) is 12.7. The fourth-order valence-corrected chi connectivity index (χ4v) is 2.97. The lowest BCUT2D eigenvalue weighted by Gasteiger charge is -2.04. The molecular weight excluding hydrogens is 360 g/mol. The van der Waals surface area contributed by atoms with Crippen LogP contribution in [0, 0.1) is 0 Å². The van der Waals surface area contributed by atoms with E-state index >= 15 is 0 Å². The van der Waals surface area contributed by atoms with Crippen LogP contribution in [0.4, 0.5) is 0 Å². The first-order valence-corrected chi connectivity index (χ1v) is 8.70. The van der Waals surface area contributed by atoms with Gasteiger partial charge in [-0.15, -0.1) is 10.2 Å². The van der Waals surface area contributed by atoms with Crippen molar-refractivity contribution < 1.29 is 9.84 Å². The summed E-state index contributed by atoms with van der Waals surface area (Å²) in [5, 5.41) is 23.3. The lowest BCUT2D eigenvalue weighted by Crippen LogP contribution is -1.93. The van der Waals surface area contributed by atoms with Crippen LogP contribution in [-0.4, -0.2) is 33.3 Å². The van der Waals surface area contributed by atoms with Crippen LogP contribution in [0.3, 0.4) is 0 Å². The molecule has 3 aromatic rings. The number of rotatable bonds is 6. The van der Waals surface area contributed by atoms with Crippen LogP contribution in [0.15, 0.2) is 59.0 Å². The van der Waals surface area contributed by atoms with Crippen molar-refractivity contribution in [2.45, 2.75) is 10.9 Å². The molecule has 0 radical (unpaired) electrons. The molecular formula is C17H15ClN4O2S. The molecule has 0 fully saturated rings. The average molecular weight is 375 g/mol. The van der Waals surface area contributed by atoms with Gasteiger partial charge in [-0.25, -0.2) is 0 Å². The molecule has 0 aliphatic rings. The number of phenolic OH excluding ortho intramolecular Hbond substituents is 1. The summed E-state index contributed by atoms with van der Waals surface area (Å²) >= 11 is 7.42. The van der Waals surface area contributed by atoms with Crippen LogP contribution in [0.1, 0.15) is 11.1 Å². The van der Waals surface area contributed by atoms with E-state index in [0.29, 0.717) is 15.9 Å². The Morgan fingerprint density at radius 2 is 2.08 bits per heavy atom. The summed E-state index contributed by atoms with van der Waals surface area (Å²) in [5.74, 6) is 1.21. The van der Waals surface area contributed by atoms with E-state index in [9.17, 15) is 5.11 Å². The van der Waals surface area contributed by atoms with Crippen LogP contribution in [0.2, 0.25) is 5.02 Å². The maximum atomic E-state index is 9.62. The van der Waals surface area contributed by atoms with E-state index in [1.807, 2.05) is 24.3 Å². The second-order valence-corrected chi connectivity index (χ2v) is 6.43. The molecule has 1 aromatic heterocycles. The molecule has 0 saturated heterocycles. The third-order valence-corrected chi connectivity index (χ3v) is 4.57. The molecule has 8 heteroatoms. The van der Waals surface area contributed by atoms with Crippen molar-refractivity contribution in [2.24, 2.45) is 5.10 Å². The molecule has 0 amide bonds. The molecule has 1 heterocycles. The highest BCUT2D eigenvalue weighted by molar-refractivity contribution is 7.98. The second kappa shape index (κ2) is 8.04. The third-order valence-electron chi connectivity index (χ3n) is 3.32. The highest BCUT2D eigenvalue weighted by Crippen LogP contribution is 2.26. The van der Waals surface area contributed by atoms with Crippen molar-refractivity contribution in [1.82, 2.24) is 14.9 Å². The molecule has 0 aliphatic carbocycles. The van der Waals surface area contributed by atoms with E-state index in [1.54, 1.807) is 35.4 Å². The van der Waals surface area contributed by atoms with Crippen molar-refractivity contribution in [3.8, 4) is 11.5 Å². The van der Waals surface area contributed by atoms with Gasteiger partial charge >= 0.3 is 0 Å². The summed E-state index contributed by atoms with van der Waals surface area (Å²) in [4.78, 5) is 0. The van der Waals surface area contributed by atoms with Gasteiger partial charge in [-0.1, -0.05) is 35.5 Å². The minimum Gasteiger partial charge on any atom is -0.504 e. The molecule has 25 heavy (non-hydrogen) atoms. The number of benzene rings is 2. The Labute approximate surface area is 154 Å². The number of halogens is 1. The van der Waals surface area contributed by atoms with Gasteiger partial charge in [-0.3, -0.25) is 0 Å². The van der Waals surface area contributed by atoms with E-state index < -0.39 is 0 Å². The van der Waals surface area contributed by atoms with E-state index in [0.717, 1.165) is 16.9 Å². The van der Waals surface area contributed by atoms with E-state index in [1.165, 1.54) is 18.9 Å². The molecule has 0 spiro atoms. The number of hydrogen-bond acceptors (Lipinski definition) is 6. The van der Waals surface area contributed by atoms with Crippen LogP contribution in [-0.2, 0) is 5.75 Å². The predicted molar refractivity (Wildman–Crippen MR) is 98.7 cm³/mol. The first-order chi connectivity index (χ1) is 12.2. The first kappa shape index (κ1) is 17.3. The van der Waals surface area contributed by atoms with E-state index in [2.05, 4.69) is 15.3 Å². The number of methoxy groups -OCH3 is 1. The monoisotopic (exact) mass is 374 g/mol. The highest BCUT2D eigenvalue weighted by atomic mass is 35.5. The van der Waals surface area contributed by atoms with Gasteiger partial charge in [-0.2, -0.15) is 9.78 Å². The highest BCUT2D eigenvalue weighted by Gasteiger charge is 2.05. The number of ether oxygens (including phenoxy) is 1. The Morgan fingerprint density at radius 3 is 2.84 bits per heavy atom. The maximum Gasteiger partial charge on any atom is 0.212 e. The average Bonchev–Trinajstić information content (AvgIpc) is 3.08. The number of aromatic hydroxyl groups is 1. The van der Waals surface area contributed by atoms with Gasteiger partial charge in [0, 0.05) is 10.8 Å².